The Morgan fingerprint density at radius 2 is 1.22 bits per heavy atom. The van der Waals surface area contributed by atoms with Crippen molar-refractivity contribution in [2.75, 3.05) is 26.4 Å². The lowest BCUT2D eigenvalue weighted by Crippen LogP contribution is -2.29. The number of carbonyl (C=O) groups is 2. The Morgan fingerprint density at radius 1 is 0.689 bits per heavy atom. The first-order chi connectivity index (χ1) is 21.8. The Hall–Kier alpha value is -2.03. The number of unbranched alkanes of at least 4 members (excludes halogenated alkanes) is 10. The third kappa shape index (κ3) is 31.7. The number of ether oxygens (including phenoxy) is 2. The van der Waals surface area contributed by atoms with Crippen LogP contribution in [0, 0.1) is 0 Å². The van der Waals surface area contributed by atoms with E-state index in [2.05, 4.69) is 60.1 Å². The van der Waals surface area contributed by atoms with Gasteiger partial charge in [0.1, 0.15) is 6.61 Å². The molecule has 260 valence electrons. The molecule has 0 radical (unpaired) electrons. The van der Waals surface area contributed by atoms with E-state index < -0.39 is 32.5 Å². The molecule has 0 fully saturated rings. The van der Waals surface area contributed by atoms with Gasteiger partial charge in [0.2, 0.25) is 0 Å². The Morgan fingerprint density at radius 3 is 1.78 bits per heavy atom. The molecule has 0 aliphatic rings. The molecule has 0 saturated heterocycles. The molecule has 0 aromatic carbocycles. The molecule has 0 aliphatic carbocycles. The summed E-state index contributed by atoms with van der Waals surface area (Å²) in [6.07, 6.45) is 34.6. The van der Waals surface area contributed by atoms with E-state index in [1.165, 1.54) is 38.5 Å². The molecule has 0 aromatic heterocycles. The highest BCUT2D eigenvalue weighted by atomic mass is 31.2. The summed E-state index contributed by atoms with van der Waals surface area (Å²) in [6.45, 7) is 3.19. The van der Waals surface area contributed by atoms with Crippen molar-refractivity contribution in [1.82, 2.24) is 0 Å². The molecule has 0 aliphatic heterocycles. The van der Waals surface area contributed by atoms with Crippen LogP contribution in [0.15, 0.2) is 48.6 Å². The van der Waals surface area contributed by atoms with Gasteiger partial charge in [-0.25, -0.2) is 4.57 Å². The first-order valence-corrected chi connectivity index (χ1v) is 18.6. The lowest BCUT2D eigenvalue weighted by atomic mass is 10.0. The van der Waals surface area contributed by atoms with Gasteiger partial charge in [-0.15, -0.1) is 0 Å². The highest BCUT2D eigenvalue weighted by Gasteiger charge is 2.25. The molecule has 9 nitrogen and oxygen atoms in total. The number of carbonyl (C=O) groups excluding carboxylic acids is 2. The van der Waals surface area contributed by atoms with Crippen molar-refractivity contribution in [1.29, 1.82) is 0 Å². The summed E-state index contributed by atoms with van der Waals surface area (Å²) < 4.78 is 31.9. The molecule has 45 heavy (non-hydrogen) atoms. The highest BCUT2D eigenvalue weighted by Crippen LogP contribution is 2.43. The molecule has 2 unspecified atom stereocenters. The maximum atomic E-state index is 12.3. The number of phosphoric acid groups is 1. The molecule has 0 rings (SSSR count). The van der Waals surface area contributed by atoms with Crippen molar-refractivity contribution in [2.45, 2.75) is 136 Å². The minimum atomic E-state index is -4.35. The maximum Gasteiger partial charge on any atom is 0.472 e. The molecular weight excluding hydrogens is 593 g/mol. The van der Waals surface area contributed by atoms with E-state index in [-0.39, 0.29) is 32.6 Å². The normalized spacial score (nSPS) is 14.1. The minimum absolute atomic E-state index is 0.0503. The van der Waals surface area contributed by atoms with Gasteiger partial charge >= 0.3 is 19.8 Å². The van der Waals surface area contributed by atoms with Crippen molar-refractivity contribution >= 4 is 19.8 Å². The summed E-state index contributed by atoms with van der Waals surface area (Å²) in [5, 5.41) is 0. The number of phosphoric ester groups is 1. The van der Waals surface area contributed by atoms with Crippen LogP contribution in [0.4, 0.5) is 0 Å². The molecule has 0 heterocycles. The number of allylic oxidation sites excluding steroid dienone is 8. The summed E-state index contributed by atoms with van der Waals surface area (Å²) in [5.74, 6) is -0.900. The number of hydrogen-bond donors (Lipinski definition) is 2. The van der Waals surface area contributed by atoms with Gasteiger partial charge < -0.3 is 20.1 Å². The third-order valence-electron chi connectivity index (χ3n) is 6.70. The quantitative estimate of drug-likeness (QED) is 0.0325. The monoisotopic (exact) mass is 655 g/mol. The van der Waals surface area contributed by atoms with Gasteiger partial charge in [-0.05, 0) is 51.4 Å². The predicted octanol–water partition coefficient (Wildman–Crippen LogP) is 8.82. The molecule has 0 spiro atoms. The first kappa shape index (κ1) is 43.0. The summed E-state index contributed by atoms with van der Waals surface area (Å²) >= 11 is 0. The van der Waals surface area contributed by atoms with Crippen LogP contribution in [0.25, 0.3) is 0 Å². The van der Waals surface area contributed by atoms with E-state index in [0.717, 1.165) is 51.4 Å². The van der Waals surface area contributed by atoms with Crippen LogP contribution in [0.1, 0.15) is 129 Å². The zero-order valence-electron chi connectivity index (χ0n) is 28.1. The minimum Gasteiger partial charge on any atom is -0.462 e. The molecule has 2 atom stereocenters. The zero-order chi connectivity index (χ0) is 33.3. The predicted molar refractivity (Wildman–Crippen MR) is 183 cm³/mol. The number of hydrogen-bond acceptors (Lipinski definition) is 8. The van der Waals surface area contributed by atoms with Crippen molar-refractivity contribution in [3.63, 3.8) is 0 Å². The highest BCUT2D eigenvalue weighted by molar-refractivity contribution is 7.47. The topological polar surface area (TPSA) is 134 Å². The van der Waals surface area contributed by atoms with Crippen molar-refractivity contribution < 1.29 is 37.6 Å². The van der Waals surface area contributed by atoms with Gasteiger partial charge in [0.25, 0.3) is 0 Å². The van der Waals surface area contributed by atoms with Gasteiger partial charge in [0.15, 0.2) is 6.10 Å². The van der Waals surface area contributed by atoms with Crippen LogP contribution < -0.4 is 5.73 Å². The standard InChI is InChI=1S/C35H62NO8P/c1-3-5-6-7-8-9-10-11-12-13-14-15-16-17-18-19-20-21-22-23-24-25-26-28-35(38)44-33(31-41-34(37)27-4-2)32-43-45(39,40)42-30-29-36/h5-6,8-9,11-12,14-15,33H,3-4,7,10,13,16-32,36H2,1-2H3,(H,39,40)/b6-5-,9-8-,12-11-,15-14-. The van der Waals surface area contributed by atoms with Crippen LogP contribution in [-0.2, 0) is 32.7 Å². The van der Waals surface area contributed by atoms with E-state index in [0.29, 0.717) is 12.8 Å². The van der Waals surface area contributed by atoms with E-state index in [9.17, 15) is 19.0 Å². The zero-order valence-corrected chi connectivity index (χ0v) is 29.0. The smallest absolute Gasteiger partial charge is 0.462 e. The lowest BCUT2D eigenvalue weighted by Gasteiger charge is -2.19. The van der Waals surface area contributed by atoms with Gasteiger partial charge in [0, 0.05) is 19.4 Å². The Balaban J connectivity index is 3.87. The van der Waals surface area contributed by atoms with Gasteiger partial charge in [-0.1, -0.05) is 114 Å². The fourth-order valence-electron chi connectivity index (χ4n) is 4.25. The molecule has 0 amide bonds. The third-order valence-corrected chi connectivity index (χ3v) is 7.68. The fourth-order valence-corrected chi connectivity index (χ4v) is 5.01. The number of nitrogens with two attached hydrogens (primary N) is 1. The van der Waals surface area contributed by atoms with Gasteiger partial charge in [-0.3, -0.25) is 18.6 Å². The second-order valence-electron chi connectivity index (χ2n) is 11.0. The van der Waals surface area contributed by atoms with Crippen molar-refractivity contribution in [3.8, 4) is 0 Å². The van der Waals surface area contributed by atoms with E-state index in [1.807, 2.05) is 6.92 Å². The number of esters is 2. The van der Waals surface area contributed by atoms with Crippen LogP contribution >= 0.6 is 7.82 Å². The summed E-state index contributed by atoms with van der Waals surface area (Å²) in [5.41, 5.74) is 5.27. The summed E-state index contributed by atoms with van der Waals surface area (Å²) in [7, 11) is -4.35. The molecular formula is C35H62NO8P. The second-order valence-corrected chi connectivity index (χ2v) is 12.5. The molecule has 0 aromatic rings. The maximum absolute atomic E-state index is 12.3. The average molecular weight is 656 g/mol. The Labute approximate surface area is 273 Å². The average Bonchev–Trinajstić information content (AvgIpc) is 3.02. The van der Waals surface area contributed by atoms with Crippen LogP contribution in [-0.4, -0.2) is 49.3 Å². The van der Waals surface area contributed by atoms with E-state index in [1.54, 1.807) is 0 Å². The van der Waals surface area contributed by atoms with Gasteiger partial charge in [0.05, 0.1) is 13.2 Å². The molecule has 10 heteroatoms. The van der Waals surface area contributed by atoms with Gasteiger partial charge in [-0.2, -0.15) is 0 Å². The Kier molecular flexibility index (Phi) is 30.5. The van der Waals surface area contributed by atoms with E-state index >= 15 is 0 Å². The summed E-state index contributed by atoms with van der Waals surface area (Å²) in [4.78, 5) is 33.7. The van der Waals surface area contributed by atoms with Crippen LogP contribution in [0.3, 0.4) is 0 Å². The van der Waals surface area contributed by atoms with E-state index in [4.69, 9.17) is 19.7 Å². The van der Waals surface area contributed by atoms with Crippen LogP contribution in [0.5, 0.6) is 0 Å². The summed E-state index contributed by atoms with van der Waals surface area (Å²) in [6, 6.07) is 0. The lowest BCUT2D eigenvalue weighted by molar-refractivity contribution is -0.161. The van der Waals surface area contributed by atoms with Crippen LogP contribution in [0.2, 0.25) is 0 Å². The largest absolute Gasteiger partial charge is 0.472 e. The first-order valence-electron chi connectivity index (χ1n) is 17.1. The molecule has 0 bridgehead atoms. The van der Waals surface area contributed by atoms with Crippen molar-refractivity contribution in [2.24, 2.45) is 5.73 Å². The second kappa shape index (κ2) is 31.9. The van der Waals surface area contributed by atoms with Crippen molar-refractivity contribution in [3.05, 3.63) is 48.6 Å². The number of rotatable bonds is 31. The molecule has 0 saturated carbocycles. The Bertz CT molecular complexity index is 887. The SMILES string of the molecule is CC/C=C\C/C=C\C/C=C\C/C=C\CCCCCCCCCCCCC(=O)OC(COC(=O)CCC)COP(=O)(O)OCCN. The fraction of sp³-hybridized carbons (Fsp3) is 0.714. The molecule has 3 N–H and O–H groups in total.